The number of hydrogen-bond donors (Lipinski definition) is 1. The van der Waals surface area contributed by atoms with E-state index in [2.05, 4.69) is 5.32 Å². The number of nitrogens with one attached hydrogen (secondary N) is 1. The third kappa shape index (κ3) is 6.89. The van der Waals surface area contributed by atoms with Crippen molar-refractivity contribution in [3.63, 3.8) is 0 Å². The van der Waals surface area contributed by atoms with Crippen molar-refractivity contribution in [3.8, 4) is 16.9 Å². The number of carbonyl (C=O) groups is 3. The molecule has 0 radical (unpaired) electrons. The van der Waals surface area contributed by atoms with E-state index in [9.17, 15) is 14.4 Å². The normalized spacial score (nSPS) is 12.6. The number of amides is 2. The van der Waals surface area contributed by atoms with E-state index in [-0.39, 0.29) is 30.8 Å². The monoisotopic (exact) mass is 582 g/mol. The Labute approximate surface area is 250 Å². The number of thiophene rings is 1. The molecular formula is C34H34N2O5S. The van der Waals surface area contributed by atoms with Crippen molar-refractivity contribution >= 4 is 40.5 Å². The van der Waals surface area contributed by atoms with Crippen LogP contribution in [0.5, 0.6) is 5.75 Å². The number of nitrogens with zero attached hydrogens (tertiary/aromatic N) is 1. The zero-order valence-electron chi connectivity index (χ0n) is 23.6. The maximum absolute atomic E-state index is 13.9. The molecule has 2 heterocycles. The van der Waals surface area contributed by atoms with Crippen LogP contribution < -0.4 is 15.0 Å². The molecule has 0 bridgehead atoms. The highest BCUT2D eigenvalue weighted by atomic mass is 32.1. The molecule has 0 aliphatic carbocycles. The molecule has 1 aliphatic rings. The Balaban J connectivity index is 1.40. The molecule has 7 nitrogen and oxygen atoms in total. The van der Waals surface area contributed by atoms with Crippen molar-refractivity contribution < 1.29 is 23.9 Å². The molecule has 0 unspecified atom stereocenters. The van der Waals surface area contributed by atoms with Gasteiger partial charge in [-0.05, 0) is 73.4 Å². The molecule has 3 aromatic carbocycles. The Hall–Kier alpha value is -4.43. The average Bonchev–Trinajstić information content (AvgIpc) is 3.38. The van der Waals surface area contributed by atoms with Crippen LogP contribution in [0.4, 0.5) is 11.4 Å². The third-order valence-corrected chi connectivity index (χ3v) is 8.08. The lowest BCUT2D eigenvalue weighted by molar-refractivity contribution is -0.143. The summed E-state index contributed by atoms with van der Waals surface area (Å²) in [5, 5.41) is 5.01. The van der Waals surface area contributed by atoms with Crippen LogP contribution in [-0.2, 0) is 16.0 Å². The van der Waals surface area contributed by atoms with E-state index in [0.717, 1.165) is 36.1 Å². The van der Waals surface area contributed by atoms with Crippen LogP contribution in [-0.4, -0.2) is 37.5 Å². The van der Waals surface area contributed by atoms with Crippen LogP contribution in [0, 0.1) is 0 Å². The minimum atomic E-state index is -0.287. The SMILES string of the molecule is CCOC(=O)CCCOc1cc(NC(=O)c2ccccc2-c2ccccc2)ccc1C(=O)N1CCCCc2sccc21. The maximum Gasteiger partial charge on any atom is 0.305 e. The topological polar surface area (TPSA) is 84.9 Å². The molecule has 5 rings (SSSR count). The molecule has 4 aromatic rings. The lowest BCUT2D eigenvalue weighted by atomic mass is 9.99. The van der Waals surface area contributed by atoms with Gasteiger partial charge >= 0.3 is 5.97 Å². The lowest BCUT2D eigenvalue weighted by Gasteiger charge is -2.23. The number of carbonyl (C=O) groups excluding carboxylic acids is 3. The smallest absolute Gasteiger partial charge is 0.305 e. The molecule has 8 heteroatoms. The van der Waals surface area contributed by atoms with E-state index < -0.39 is 0 Å². The van der Waals surface area contributed by atoms with Crippen LogP contribution in [0.3, 0.4) is 0 Å². The van der Waals surface area contributed by atoms with E-state index in [1.165, 1.54) is 4.88 Å². The molecule has 2 amide bonds. The largest absolute Gasteiger partial charge is 0.493 e. The predicted octanol–water partition coefficient (Wildman–Crippen LogP) is 7.37. The molecule has 1 N–H and O–H groups in total. The van der Waals surface area contributed by atoms with Crippen LogP contribution in [0.15, 0.2) is 84.2 Å². The number of ether oxygens (including phenoxy) is 2. The van der Waals surface area contributed by atoms with E-state index in [0.29, 0.717) is 42.1 Å². The molecule has 0 spiro atoms. The lowest BCUT2D eigenvalue weighted by Crippen LogP contribution is -2.31. The number of benzene rings is 3. The van der Waals surface area contributed by atoms with Crippen molar-refractivity contribution in [2.24, 2.45) is 0 Å². The van der Waals surface area contributed by atoms with Crippen LogP contribution in [0.1, 0.15) is 58.2 Å². The minimum absolute atomic E-state index is 0.149. The predicted molar refractivity (Wildman–Crippen MR) is 167 cm³/mol. The number of hydrogen-bond acceptors (Lipinski definition) is 6. The first-order chi connectivity index (χ1) is 20.5. The van der Waals surface area contributed by atoms with Gasteiger partial charge in [0.05, 0.1) is 24.5 Å². The van der Waals surface area contributed by atoms with E-state index in [1.807, 2.05) is 64.9 Å². The van der Waals surface area contributed by atoms with Gasteiger partial charge in [0.1, 0.15) is 5.75 Å². The summed E-state index contributed by atoms with van der Waals surface area (Å²) in [5.41, 5.74) is 4.17. The highest BCUT2D eigenvalue weighted by Crippen LogP contribution is 2.34. The second-order valence-electron chi connectivity index (χ2n) is 9.98. The van der Waals surface area contributed by atoms with Gasteiger partial charge in [0, 0.05) is 35.2 Å². The summed E-state index contributed by atoms with van der Waals surface area (Å²) in [4.78, 5) is 42.2. The highest BCUT2D eigenvalue weighted by molar-refractivity contribution is 7.10. The van der Waals surface area contributed by atoms with Gasteiger partial charge < -0.3 is 19.7 Å². The van der Waals surface area contributed by atoms with Crippen molar-refractivity contribution in [1.82, 2.24) is 0 Å². The van der Waals surface area contributed by atoms with Crippen LogP contribution in [0.2, 0.25) is 0 Å². The average molecular weight is 583 g/mol. The van der Waals surface area contributed by atoms with Crippen LogP contribution >= 0.6 is 11.3 Å². The summed E-state index contributed by atoms with van der Waals surface area (Å²) in [6, 6.07) is 24.3. The molecule has 0 saturated carbocycles. The minimum Gasteiger partial charge on any atom is -0.493 e. The fraction of sp³-hybridized carbons (Fsp3) is 0.265. The van der Waals surface area contributed by atoms with Gasteiger partial charge in [-0.2, -0.15) is 0 Å². The zero-order valence-corrected chi connectivity index (χ0v) is 24.5. The molecule has 0 fully saturated rings. The Kier molecular flexibility index (Phi) is 9.66. The van der Waals surface area contributed by atoms with Gasteiger partial charge in [-0.1, -0.05) is 48.5 Å². The van der Waals surface area contributed by atoms with E-state index in [1.54, 1.807) is 42.5 Å². The molecule has 1 aromatic heterocycles. The number of esters is 1. The molecular weight excluding hydrogens is 548 g/mol. The van der Waals surface area contributed by atoms with Crippen molar-refractivity contribution in [1.29, 1.82) is 0 Å². The van der Waals surface area contributed by atoms with E-state index >= 15 is 0 Å². The van der Waals surface area contributed by atoms with Gasteiger partial charge in [-0.25, -0.2) is 0 Å². The summed E-state index contributed by atoms with van der Waals surface area (Å²) in [6.45, 7) is 2.94. The number of aryl methyl sites for hydroxylation is 1. The standard InChI is InChI=1S/C34H34N2O5S/c1-2-40-32(37)16-10-21-41-30-23-25(35-33(38)27-14-7-6-13-26(27)24-11-4-3-5-12-24)17-18-28(30)34(39)36-20-9-8-15-31-29(36)19-22-42-31/h3-7,11-14,17-19,22-23H,2,8-10,15-16,20-21H2,1H3,(H,35,38). The maximum atomic E-state index is 13.9. The molecule has 216 valence electrons. The van der Waals surface area contributed by atoms with Gasteiger partial charge in [-0.3, -0.25) is 14.4 Å². The van der Waals surface area contributed by atoms with E-state index in [4.69, 9.17) is 9.47 Å². The first kappa shape index (κ1) is 29.1. The summed E-state index contributed by atoms with van der Waals surface area (Å²) in [6.07, 6.45) is 3.56. The van der Waals surface area contributed by atoms with Gasteiger partial charge in [-0.15, -0.1) is 11.3 Å². The van der Waals surface area contributed by atoms with Crippen LogP contribution in [0.25, 0.3) is 11.1 Å². The second kappa shape index (κ2) is 14.0. The quantitative estimate of drug-likeness (QED) is 0.156. The molecule has 42 heavy (non-hydrogen) atoms. The molecule has 0 saturated heterocycles. The highest BCUT2D eigenvalue weighted by Gasteiger charge is 2.26. The Morgan fingerprint density at radius 3 is 2.57 bits per heavy atom. The summed E-state index contributed by atoms with van der Waals surface area (Å²) in [5.74, 6) is -0.342. The Bertz CT molecular complexity index is 1550. The summed E-state index contributed by atoms with van der Waals surface area (Å²) < 4.78 is 11.1. The number of anilines is 2. The fourth-order valence-electron chi connectivity index (χ4n) is 5.07. The zero-order chi connectivity index (χ0) is 29.3. The fourth-order valence-corrected chi connectivity index (χ4v) is 5.99. The van der Waals surface area contributed by atoms with Crippen molar-refractivity contribution in [2.45, 2.75) is 39.0 Å². The van der Waals surface area contributed by atoms with Crippen molar-refractivity contribution in [3.05, 3.63) is 100 Å². The third-order valence-electron chi connectivity index (χ3n) is 7.11. The molecule has 0 atom stereocenters. The van der Waals surface area contributed by atoms with Gasteiger partial charge in [0.25, 0.3) is 11.8 Å². The Morgan fingerprint density at radius 2 is 1.74 bits per heavy atom. The first-order valence-corrected chi connectivity index (χ1v) is 15.2. The number of rotatable bonds is 10. The van der Waals surface area contributed by atoms with Gasteiger partial charge in [0.15, 0.2) is 0 Å². The van der Waals surface area contributed by atoms with Gasteiger partial charge in [0.2, 0.25) is 0 Å². The second-order valence-corrected chi connectivity index (χ2v) is 11.0. The summed E-state index contributed by atoms with van der Waals surface area (Å²) >= 11 is 1.67. The van der Waals surface area contributed by atoms with Crippen molar-refractivity contribution in [2.75, 3.05) is 30.0 Å². The summed E-state index contributed by atoms with van der Waals surface area (Å²) in [7, 11) is 0. The first-order valence-electron chi connectivity index (χ1n) is 14.3. The number of fused-ring (bicyclic) bond motifs is 1. The Morgan fingerprint density at radius 1 is 0.929 bits per heavy atom. The molecule has 1 aliphatic heterocycles.